The molecule has 0 fully saturated rings. The number of methoxy groups -OCH3 is 2. The Balaban J connectivity index is 1.58. The Morgan fingerprint density at radius 2 is 1.59 bits per heavy atom. The van der Waals surface area contributed by atoms with Crippen molar-refractivity contribution in [2.45, 2.75) is 0 Å². The van der Waals surface area contributed by atoms with Crippen LogP contribution in [0.5, 0.6) is 17.2 Å². The molecule has 0 spiro atoms. The first-order chi connectivity index (χ1) is 18.0. The number of ether oxygens (including phenoxy) is 3. The van der Waals surface area contributed by atoms with Crippen molar-refractivity contribution in [3.8, 4) is 17.2 Å². The van der Waals surface area contributed by atoms with Gasteiger partial charge in [-0.3, -0.25) is 10.0 Å². The van der Waals surface area contributed by atoms with Crippen molar-refractivity contribution in [2.24, 2.45) is 0 Å². The summed E-state index contributed by atoms with van der Waals surface area (Å²) in [5, 5.41) is 14.8. The number of rotatable bonds is 10. The number of fused-ring (bicyclic) bond motifs is 1. The molecule has 190 valence electrons. The summed E-state index contributed by atoms with van der Waals surface area (Å²) in [5.41, 5.74) is 4.68. The maximum atomic E-state index is 11.7. The maximum Gasteiger partial charge on any atom is 0.274 e. The molecule has 7 nitrogen and oxygen atoms in total. The minimum atomic E-state index is -0.566. The highest BCUT2D eigenvalue weighted by Gasteiger charge is 2.09. The predicted octanol–water partition coefficient (Wildman–Crippen LogP) is 6.20. The van der Waals surface area contributed by atoms with Crippen molar-refractivity contribution < 1.29 is 24.2 Å². The Labute approximate surface area is 220 Å². The topological polar surface area (TPSA) is 89.1 Å². The zero-order valence-electron chi connectivity index (χ0n) is 20.5. The van der Waals surface area contributed by atoms with Crippen LogP contribution in [0.1, 0.15) is 15.9 Å². The quantitative estimate of drug-likeness (QED) is 0.171. The van der Waals surface area contributed by atoms with E-state index in [0.29, 0.717) is 35.2 Å². The van der Waals surface area contributed by atoms with Crippen LogP contribution in [-0.4, -0.2) is 38.5 Å². The lowest BCUT2D eigenvalue weighted by atomic mass is 10.1. The van der Waals surface area contributed by atoms with E-state index < -0.39 is 5.91 Å². The zero-order valence-corrected chi connectivity index (χ0v) is 21.2. The molecule has 4 rings (SSSR count). The molecule has 0 aliphatic rings. The van der Waals surface area contributed by atoms with Gasteiger partial charge in [-0.25, -0.2) is 5.48 Å². The van der Waals surface area contributed by atoms with Gasteiger partial charge in [0, 0.05) is 39.7 Å². The molecule has 0 aliphatic heterocycles. The number of carbonyl (C=O) groups excluding carboxylic acids is 1. The molecule has 4 aromatic rings. The first kappa shape index (κ1) is 25.9. The highest BCUT2D eigenvalue weighted by atomic mass is 35.5. The van der Waals surface area contributed by atoms with Crippen molar-refractivity contribution >= 4 is 40.0 Å². The van der Waals surface area contributed by atoms with Gasteiger partial charge in [0.05, 0.1) is 14.2 Å². The molecule has 0 atom stereocenters. The van der Waals surface area contributed by atoms with Gasteiger partial charge in [-0.2, -0.15) is 0 Å². The molecule has 0 unspecified atom stereocenters. The maximum absolute atomic E-state index is 11.7. The average molecular weight is 519 g/mol. The Morgan fingerprint density at radius 1 is 0.892 bits per heavy atom. The molecular formula is C29H27ClN2O5. The molecule has 0 bridgehead atoms. The number of halogens is 1. The smallest absolute Gasteiger partial charge is 0.274 e. The Hall–Kier alpha value is -4.20. The minimum Gasteiger partial charge on any atom is -0.493 e. The third-order valence-corrected chi connectivity index (χ3v) is 6.12. The predicted molar refractivity (Wildman–Crippen MR) is 146 cm³/mol. The monoisotopic (exact) mass is 518 g/mol. The van der Waals surface area contributed by atoms with Gasteiger partial charge in [0.1, 0.15) is 12.4 Å². The summed E-state index contributed by atoms with van der Waals surface area (Å²) in [6.07, 6.45) is 1.99. The van der Waals surface area contributed by atoms with Gasteiger partial charge in [-0.15, -0.1) is 0 Å². The molecule has 37 heavy (non-hydrogen) atoms. The van der Waals surface area contributed by atoms with Crippen molar-refractivity contribution in [1.82, 2.24) is 5.48 Å². The van der Waals surface area contributed by atoms with Crippen molar-refractivity contribution in [1.29, 1.82) is 0 Å². The SMILES string of the molecule is COc1ccc(NC/C(=C\c2ccc(C(=O)NO)cc2)COc2ccc(Cl)c3ccccc23)cc1OC. The number of hydrogen-bond acceptors (Lipinski definition) is 6. The van der Waals surface area contributed by atoms with Gasteiger partial charge in [0.25, 0.3) is 5.91 Å². The van der Waals surface area contributed by atoms with Gasteiger partial charge in [0.2, 0.25) is 0 Å². The summed E-state index contributed by atoms with van der Waals surface area (Å²) >= 11 is 6.37. The largest absolute Gasteiger partial charge is 0.493 e. The van der Waals surface area contributed by atoms with Crippen LogP contribution in [0.25, 0.3) is 16.8 Å². The molecule has 0 saturated carbocycles. The van der Waals surface area contributed by atoms with Crippen LogP contribution in [0, 0.1) is 0 Å². The molecular weight excluding hydrogens is 492 g/mol. The summed E-state index contributed by atoms with van der Waals surface area (Å²) in [4.78, 5) is 11.7. The zero-order chi connectivity index (χ0) is 26.2. The number of carbonyl (C=O) groups is 1. The summed E-state index contributed by atoms with van der Waals surface area (Å²) in [7, 11) is 3.19. The second-order valence-corrected chi connectivity index (χ2v) is 8.58. The van der Waals surface area contributed by atoms with Crippen LogP contribution in [0.2, 0.25) is 5.02 Å². The summed E-state index contributed by atoms with van der Waals surface area (Å²) in [5.74, 6) is 1.43. The van der Waals surface area contributed by atoms with Crippen LogP contribution in [0.15, 0.2) is 84.4 Å². The van der Waals surface area contributed by atoms with Gasteiger partial charge in [0.15, 0.2) is 11.5 Å². The van der Waals surface area contributed by atoms with Crippen molar-refractivity contribution in [3.63, 3.8) is 0 Å². The summed E-state index contributed by atoms with van der Waals surface area (Å²) < 4.78 is 17.0. The minimum absolute atomic E-state index is 0.310. The Bertz CT molecular complexity index is 1420. The van der Waals surface area contributed by atoms with E-state index in [9.17, 15) is 4.79 Å². The molecule has 0 aliphatic carbocycles. The van der Waals surface area contributed by atoms with Crippen molar-refractivity contribution in [2.75, 3.05) is 32.7 Å². The number of benzene rings is 4. The van der Waals surface area contributed by atoms with E-state index in [-0.39, 0.29) is 0 Å². The molecule has 0 saturated heterocycles. The fraction of sp³-hybridized carbons (Fsp3) is 0.138. The van der Waals surface area contributed by atoms with Gasteiger partial charge < -0.3 is 19.5 Å². The number of hydrogen-bond donors (Lipinski definition) is 3. The highest BCUT2D eigenvalue weighted by molar-refractivity contribution is 6.35. The third-order valence-electron chi connectivity index (χ3n) is 5.79. The van der Waals surface area contributed by atoms with Crippen LogP contribution in [-0.2, 0) is 0 Å². The summed E-state index contributed by atoms with van der Waals surface area (Å²) in [6, 6.07) is 24.0. The van der Waals surface area contributed by atoms with E-state index in [1.54, 1.807) is 44.0 Å². The Kier molecular flexibility index (Phi) is 8.51. The first-order valence-corrected chi connectivity index (χ1v) is 11.9. The second-order valence-electron chi connectivity index (χ2n) is 8.17. The van der Waals surface area contributed by atoms with E-state index >= 15 is 0 Å². The van der Waals surface area contributed by atoms with Crippen LogP contribution >= 0.6 is 11.6 Å². The molecule has 3 N–H and O–H groups in total. The van der Waals surface area contributed by atoms with Crippen LogP contribution in [0.3, 0.4) is 0 Å². The van der Waals surface area contributed by atoms with Gasteiger partial charge in [-0.05, 0) is 47.5 Å². The molecule has 0 heterocycles. The van der Waals surface area contributed by atoms with Crippen molar-refractivity contribution in [3.05, 3.63) is 101 Å². The first-order valence-electron chi connectivity index (χ1n) is 11.5. The van der Waals surface area contributed by atoms with E-state index in [4.69, 9.17) is 31.0 Å². The molecule has 0 aromatic heterocycles. The average Bonchev–Trinajstić information content (AvgIpc) is 2.95. The van der Waals surface area contributed by atoms with E-state index in [1.807, 2.05) is 60.7 Å². The molecule has 0 radical (unpaired) electrons. The fourth-order valence-electron chi connectivity index (χ4n) is 3.87. The fourth-order valence-corrected chi connectivity index (χ4v) is 4.10. The van der Waals surface area contributed by atoms with Crippen LogP contribution in [0.4, 0.5) is 5.69 Å². The normalized spacial score (nSPS) is 11.2. The second kappa shape index (κ2) is 12.2. The van der Waals surface area contributed by atoms with Crippen LogP contribution < -0.4 is 25.0 Å². The third kappa shape index (κ3) is 6.33. The van der Waals surface area contributed by atoms with E-state index in [2.05, 4.69) is 5.32 Å². The molecule has 8 heteroatoms. The van der Waals surface area contributed by atoms with E-state index in [1.165, 1.54) is 0 Å². The van der Waals surface area contributed by atoms with E-state index in [0.717, 1.165) is 33.3 Å². The highest BCUT2D eigenvalue weighted by Crippen LogP contribution is 2.32. The molecule has 1 amide bonds. The number of anilines is 1. The van der Waals surface area contributed by atoms with Gasteiger partial charge in [-0.1, -0.05) is 54.1 Å². The van der Waals surface area contributed by atoms with Gasteiger partial charge >= 0.3 is 0 Å². The summed E-state index contributed by atoms with van der Waals surface area (Å²) in [6.45, 7) is 0.796. The number of amides is 1. The lowest BCUT2D eigenvalue weighted by Crippen LogP contribution is -2.18. The standard InChI is InChI=1S/C29H27ClN2O5/c1-35-27-13-11-22(16-28(27)36-2)31-17-20(15-19-7-9-21(10-8-19)29(33)32-34)18-37-26-14-12-25(30)23-5-3-4-6-24(23)26/h3-16,31,34H,17-18H2,1-2H3,(H,32,33)/b20-15+. The lowest BCUT2D eigenvalue weighted by Gasteiger charge is -2.15. The molecule has 4 aromatic carbocycles. The number of hydroxylamine groups is 1. The lowest BCUT2D eigenvalue weighted by molar-refractivity contribution is 0.0706. The number of nitrogens with one attached hydrogen (secondary N) is 2. The Morgan fingerprint density at radius 3 is 2.30 bits per heavy atom.